The first-order valence-electron chi connectivity index (χ1n) is 10.0. The Kier molecular flexibility index (Phi) is 8.14. The second kappa shape index (κ2) is 10.5. The highest BCUT2D eigenvalue weighted by Gasteiger charge is 2.51. The van der Waals surface area contributed by atoms with Crippen LogP contribution < -0.4 is 0 Å². The molecule has 0 spiro atoms. The van der Waals surface area contributed by atoms with Gasteiger partial charge in [0.1, 0.15) is 48.8 Å². The molecule has 10 atom stereocenters. The van der Waals surface area contributed by atoms with Gasteiger partial charge >= 0.3 is 5.97 Å². The van der Waals surface area contributed by atoms with Crippen molar-refractivity contribution in [1.82, 2.24) is 0 Å². The number of benzene rings is 1. The van der Waals surface area contributed by atoms with E-state index in [0.29, 0.717) is 0 Å². The second-order valence-corrected chi connectivity index (χ2v) is 7.77. The number of hydrogen-bond donors (Lipinski definition) is 10. The molecule has 0 aliphatic carbocycles. The molecule has 1 aromatic carbocycles. The molecule has 2 aliphatic rings. The molecule has 2 saturated heterocycles. The molecule has 192 valence electrons. The number of aromatic hydroxyl groups is 3. The maximum absolute atomic E-state index is 12.3. The van der Waals surface area contributed by atoms with E-state index in [0.717, 1.165) is 12.1 Å². The topological polar surface area (TPSA) is 256 Å². The minimum Gasteiger partial charge on any atom is -0.504 e. The van der Waals surface area contributed by atoms with Gasteiger partial charge in [-0.15, -0.1) is 0 Å². The van der Waals surface area contributed by atoms with Gasteiger partial charge in [-0.25, -0.2) is 4.79 Å². The van der Waals surface area contributed by atoms with E-state index in [9.17, 15) is 55.9 Å². The molecule has 15 heteroatoms. The Bertz CT molecular complexity index is 837. The fraction of sp³-hybridized carbons (Fsp3) is 0.632. The average molecular weight is 494 g/mol. The fourth-order valence-electron chi connectivity index (χ4n) is 3.55. The summed E-state index contributed by atoms with van der Waals surface area (Å²) in [4.78, 5) is 12.3. The summed E-state index contributed by atoms with van der Waals surface area (Å²) < 4.78 is 20.8. The van der Waals surface area contributed by atoms with Crippen molar-refractivity contribution < 1.29 is 74.8 Å². The first kappa shape index (κ1) is 26.3. The third-order valence-corrected chi connectivity index (χ3v) is 5.49. The third-order valence-electron chi connectivity index (χ3n) is 5.49. The molecular formula is C19H26O15. The quantitative estimate of drug-likeness (QED) is 0.132. The molecule has 0 bridgehead atoms. The Hall–Kier alpha value is -2.31. The lowest BCUT2D eigenvalue weighted by Crippen LogP contribution is -2.64. The highest BCUT2D eigenvalue weighted by Crippen LogP contribution is 2.36. The van der Waals surface area contributed by atoms with Gasteiger partial charge in [-0.05, 0) is 12.1 Å². The van der Waals surface area contributed by atoms with Crippen molar-refractivity contribution >= 4 is 5.97 Å². The maximum atomic E-state index is 12.3. The van der Waals surface area contributed by atoms with Gasteiger partial charge < -0.3 is 70.0 Å². The van der Waals surface area contributed by atoms with E-state index in [-0.39, 0.29) is 0 Å². The monoisotopic (exact) mass is 494 g/mol. The lowest BCUT2D eigenvalue weighted by molar-refractivity contribution is -0.354. The lowest BCUT2D eigenvalue weighted by atomic mass is 9.97. The minimum atomic E-state index is -1.97. The molecule has 10 unspecified atom stereocenters. The molecule has 0 radical (unpaired) electrons. The molecule has 2 fully saturated rings. The summed E-state index contributed by atoms with van der Waals surface area (Å²) in [7, 11) is 0. The summed E-state index contributed by atoms with van der Waals surface area (Å²) in [5, 5.41) is 98.0. The highest BCUT2D eigenvalue weighted by atomic mass is 16.7. The molecule has 3 rings (SSSR count). The molecular weight excluding hydrogens is 468 g/mol. The zero-order valence-corrected chi connectivity index (χ0v) is 17.4. The van der Waals surface area contributed by atoms with Crippen LogP contribution in [0, 0.1) is 0 Å². The van der Waals surface area contributed by atoms with Crippen molar-refractivity contribution in [2.75, 3.05) is 13.2 Å². The minimum absolute atomic E-state index is 0.446. The van der Waals surface area contributed by atoms with Crippen molar-refractivity contribution in [2.24, 2.45) is 0 Å². The predicted octanol–water partition coefficient (Wildman–Crippen LogP) is -4.42. The molecule has 15 nitrogen and oxygen atoms in total. The number of carbonyl (C=O) groups excluding carboxylic acids is 1. The van der Waals surface area contributed by atoms with Crippen LogP contribution in [0.1, 0.15) is 10.4 Å². The van der Waals surface area contributed by atoms with Gasteiger partial charge in [0.2, 0.25) is 6.29 Å². The van der Waals surface area contributed by atoms with Gasteiger partial charge in [0.05, 0.1) is 18.8 Å². The molecule has 1 aromatic rings. The summed E-state index contributed by atoms with van der Waals surface area (Å²) in [6.07, 6.45) is -17.2. The number of aliphatic hydroxyl groups excluding tert-OH is 7. The van der Waals surface area contributed by atoms with Crippen LogP contribution in [0.2, 0.25) is 0 Å². The third kappa shape index (κ3) is 5.03. The highest BCUT2D eigenvalue weighted by molar-refractivity contribution is 5.91. The standard InChI is InChI=1S/C19H26O15/c20-3-8-11(25)12(26)14(28)18(31-8)33-16-9(4-21)32-19(15(29)13(16)27)34-17(30)5-1-6(22)10(24)7(23)2-5/h1-2,8-9,11-16,18-29H,3-4H2. The van der Waals surface area contributed by atoms with Crippen molar-refractivity contribution in [3.05, 3.63) is 17.7 Å². The molecule has 0 aromatic heterocycles. The Balaban J connectivity index is 1.72. The zero-order valence-electron chi connectivity index (χ0n) is 17.4. The van der Waals surface area contributed by atoms with Crippen LogP contribution in [-0.2, 0) is 18.9 Å². The van der Waals surface area contributed by atoms with Crippen LogP contribution >= 0.6 is 0 Å². The van der Waals surface area contributed by atoms with E-state index in [1.807, 2.05) is 0 Å². The molecule has 2 heterocycles. The lowest BCUT2D eigenvalue weighted by Gasteiger charge is -2.45. The van der Waals surface area contributed by atoms with Crippen LogP contribution in [0.25, 0.3) is 0 Å². The number of hydrogen-bond acceptors (Lipinski definition) is 15. The average Bonchev–Trinajstić information content (AvgIpc) is 2.81. The smallest absolute Gasteiger partial charge is 0.340 e. The number of ether oxygens (including phenoxy) is 4. The van der Waals surface area contributed by atoms with E-state index in [1.165, 1.54) is 0 Å². The fourth-order valence-corrected chi connectivity index (χ4v) is 3.55. The molecule has 0 amide bonds. The van der Waals surface area contributed by atoms with E-state index in [4.69, 9.17) is 18.9 Å². The van der Waals surface area contributed by atoms with Crippen molar-refractivity contribution in [2.45, 2.75) is 61.4 Å². The maximum Gasteiger partial charge on any atom is 0.340 e. The van der Waals surface area contributed by atoms with Gasteiger partial charge in [-0.3, -0.25) is 0 Å². The predicted molar refractivity (Wildman–Crippen MR) is 103 cm³/mol. The van der Waals surface area contributed by atoms with Gasteiger partial charge in [-0.1, -0.05) is 0 Å². The molecule has 10 N–H and O–H groups in total. The van der Waals surface area contributed by atoms with E-state index in [2.05, 4.69) is 0 Å². The normalized spacial score (nSPS) is 38.4. The summed E-state index contributed by atoms with van der Waals surface area (Å²) >= 11 is 0. The summed E-state index contributed by atoms with van der Waals surface area (Å²) in [6, 6.07) is 1.52. The van der Waals surface area contributed by atoms with E-state index >= 15 is 0 Å². The van der Waals surface area contributed by atoms with E-state index in [1.54, 1.807) is 0 Å². The first-order chi connectivity index (χ1) is 16.0. The van der Waals surface area contributed by atoms with Crippen molar-refractivity contribution in [3.8, 4) is 17.2 Å². The van der Waals surface area contributed by atoms with Gasteiger partial charge in [0, 0.05) is 0 Å². The molecule has 0 saturated carbocycles. The first-order valence-corrected chi connectivity index (χ1v) is 10.0. The second-order valence-electron chi connectivity index (χ2n) is 7.77. The van der Waals surface area contributed by atoms with Crippen LogP contribution in [0.4, 0.5) is 0 Å². The van der Waals surface area contributed by atoms with Crippen LogP contribution in [0.3, 0.4) is 0 Å². The largest absolute Gasteiger partial charge is 0.504 e. The Morgan fingerprint density at radius 3 is 1.85 bits per heavy atom. The Morgan fingerprint density at radius 1 is 0.765 bits per heavy atom. The van der Waals surface area contributed by atoms with Crippen molar-refractivity contribution in [1.29, 1.82) is 0 Å². The van der Waals surface area contributed by atoms with Crippen molar-refractivity contribution in [3.63, 3.8) is 0 Å². The summed E-state index contributed by atoms with van der Waals surface area (Å²) in [6.45, 7) is -1.60. The number of phenolic OH excluding ortho intramolecular Hbond substituents is 3. The Labute approximate surface area is 191 Å². The summed E-state index contributed by atoms with van der Waals surface area (Å²) in [5.74, 6) is -3.79. The number of esters is 1. The number of rotatable bonds is 6. The SMILES string of the molecule is O=C(OC1OC(CO)C(OC2OC(CO)C(O)C(O)C2O)C(O)C1O)c1cc(O)c(O)c(O)c1. The molecule has 2 aliphatic heterocycles. The van der Waals surface area contributed by atoms with Crippen LogP contribution in [0.15, 0.2) is 12.1 Å². The number of aliphatic hydroxyl groups is 7. The number of phenols is 3. The summed E-state index contributed by atoms with van der Waals surface area (Å²) in [5.41, 5.74) is -0.446. The van der Waals surface area contributed by atoms with E-state index < -0.39 is 103 Å². The zero-order chi connectivity index (χ0) is 25.3. The van der Waals surface area contributed by atoms with Gasteiger partial charge in [0.25, 0.3) is 0 Å². The van der Waals surface area contributed by atoms with Gasteiger partial charge in [0.15, 0.2) is 23.5 Å². The van der Waals surface area contributed by atoms with Gasteiger partial charge in [-0.2, -0.15) is 0 Å². The van der Waals surface area contributed by atoms with Crippen LogP contribution in [0.5, 0.6) is 17.2 Å². The number of carbonyl (C=O) groups is 1. The van der Waals surface area contributed by atoms with Crippen LogP contribution in [-0.4, -0.2) is 132 Å². The Morgan fingerprint density at radius 2 is 1.29 bits per heavy atom. The molecule has 34 heavy (non-hydrogen) atoms.